The summed E-state index contributed by atoms with van der Waals surface area (Å²) in [5.74, 6) is 1.44. The molecule has 1 fully saturated rings. The van der Waals surface area contributed by atoms with Crippen LogP contribution in [0.1, 0.15) is 32.6 Å². The molecule has 0 saturated heterocycles. The lowest BCUT2D eigenvalue weighted by molar-refractivity contribution is -0.119. The lowest BCUT2D eigenvalue weighted by Crippen LogP contribution is -2.39. The van der Waals surface area contributed by atoms with Gasteiger partial charge in [0, 0.05) is 32.3 Å². The molecule has 3 aromatic heterocycles. The summed E-state index contributed by atoms with van der Waals surface area (Å²) in [6.07, 6.45) is 7.61. The van der Waals surface area contributed by atoms with E-state index >= 15 is 0 Å². The van der Waals surface area contributed by atoms with Gasteiger partial charge in [0.25, 0.3) is 0 Å². The molecule has 3 N–H and O–H groups in total. The highest BCUT2D eigenvalue weighted by Gasteiger charge is 2.23. The van der Waals surface area contributed by atoms with Gasteiger partial charge in [-0.15, -0.1) is 11.3 Å². The van der Waals surface area contributed by atoms with Crippen molar-refractivity contribution in [3.63, 3.8) is 0 Å². The number of nitrogens with zero attached hydrogens (tertiary/aromatic N) is 4. The van der Waals surface area contributed by atoms with Crippen LogP contribution in [0.3, 0.4) is 0 Å². The van der Waals surface area contributed by atoms with Crippen molar-refractivity contribution in [2.45, 2.75) is 51.2 Å². The Kier molecular flexibility index (Phi) is 6.44. The summed E-state index contributed by atoms with van der Waals surface area (Å²) in [6, 6.07) is 2.62. The van der Waals surface area contributed by atoms with Crippen molar-refractivity contribution in [3.8, 4) is 0 Å². The van der Waals surface area contributed by atoms with E-state index in [1.165, 1.54) is 0 Å². The maximum atomic E-state index is 11.3. The molecule has 4 rings (SSSR count). The quantitative estimate of drug-likeness (QED) is 0.505. The molecule has 3 aromatic rings. The van der Waals surface area contributed by atoms with Crippen LogP contribution >= 0.6 is 11.3 Å². The Hall–Kier alpha value is -2.72. The maximum absolute atomic E-state index is 11.3. The van der Waals surface area contributed by atoms with Crippen molar-refractivity contribution >= 4 is 44.9 Å². The lowest BCUT2D eigenvalue weighted by Gasteiger charge is -2.29. The third kappa shape index (κ3) is 5.06. The Morgan fingerprint density at radius 1 is 1.27 bits per heavy atom. The number of ether oxygens (including phenoxy) is 1. The standard InChI is InChI=1S/C20H27N7O2S/c1-13(28)22-14-3-5-15(6-4-14)23-19-18-17(7-10-30-18)25-20(26-19)24-16-11-21-27(12-16)8-9-29-2/h7,10-12,14-15H,3-6,8-9H2,1-2H3,(H,22,28)(H2,23,24,25,26). The van der Waals surface area contributed by atoms with Crippen LogP contribution in [0, 0.1) is 0 Å². The SMILES string of the molecule is COCCn1cc(Nc2nc(NC3CCC(NC(C)=O)CC3)c3sccc3n2)cn1. The number of thiophene rings is 1. The monoisotopic (exact) mass is 429 g/mol. The van der Waals surface area contributed by atoms with Crippen molar-refractivity contribution in [1.82, 2.24) is 25.1 Å². The molecule has 0 spiro atoms. The van der Waals surface area contributed by atoms with E-state index in [-0.39, 0.29) is 11.9 Å². The van der Waals surface area contributed by atoms with E-state index in [0.717, 1.165) is 47.4 Å². The highest BCUT2D eigenvalue weighted by Crippen LogP contribution is 2.30. The van der Waals surface area contributed by atoms with Crippen molar-refractivity contribution in [3.05, 3.63) is 23.8 Å². The molecule has 1 amide bonds. The number of methoxy groups -OCH3 is 1. The van der Waals surface area contributed by atoms with Crippen molar-refractivity contribution < 1.29 is 9.53 Å². The molecule has 3 heterocycles. The van der Waals surface area contributed by atoms with E-state index in [1.807, 2.05) is 22.3 Å². The number of rotatable bonds is 8. The van der Waals surface area contributed by atoms with Gasteiger partial charge in [-0.2, -0.15) is 10.1 Å². The third-order valence-electron chi connectivity index (χ3n) is 5.19. The Morgan fingerprint density at radius 3 is 2.83 bits per heavy atom. The molecule has 0 radical (unpaired) electrons. The van der Waals surface area contributed by atoms with Crippen LogP contribution in [-0.4, -0.2) is 51.5 Å². The van der Waals surface area contributed by atoms with E-state index in [0.29, 0.717) is 25.1 Å². The molecule has 0 atom stereocenters. The van der Waals surface area contributed by atoms with E-state index in [4.69, 9.17) is 9.72 Å². The molecular formula is C20H27N7O2S. The van der Waals surface area contributed by atoms with E-state index in [1.54, 1.807) is 31.6 Å². The number of fused-ring (bicyclic) bond motifs is 1. The number of amides is 1. The number of hydrogen-bond donors (Lipinski definition) is 3. The summed E-state index contributed by atoms with van der Waals surface area (Å²) in [7, 11) is 1.67. The molecule has 0 aliphatic heterocycles. The number of carbonyl (C=O) groups is 1. The summed E-state index contributed by atoms with van der Waals surface area (Å²) in [5, 5.41) is 16.3. The highest BCUT2D eigenvalue weighted by molar-refractivity contribution is 7.17. The Bertz CT molecular complexity index is 994. The Balaban J connectivity index is 1.45. The number of aromatic nitrogens is 4. The van der Waals surface area contributed by atoms with Crippen molar-refractivity contribution in [2.24, 2.45) is 0 Å². The van der Waals surface area contributed by atoms with Gasteiger partial charge >= 0.3 is 0 Å². The van der Waals surface area contributed by atoms with Gasteiger partial charge in [-0.05, 0) is 37.1 Å². The largest absolute Gasteiger partial charge is 0.383 e. The summed E-state index contributed by atoms with van der Waals surface area (Å²) in [4.78, 5) is 20.7. The fourth-order valence-corrected chi connectivity index (χ4v) is 4.53. The van der Waals surface area contributed by atoms with E-state index in [2.05, 4.69) is 26.0 Å². The zero-order valence-corrected chi connectivity index (χ0v) is 18.0. The number of nitrogens with one attached hydrogen (secondary N) is 3. The molecule has 1 aliphatic carbocycles. The fourth-order valence-electron chi connectivity index (χ4n) is 3.74. The van der Waals surface area contributed by atoms with Gasteiger partial charge < -0.3 is 20.7 Å². The normalized spacial score (nSPS) is 19.0. The first-order valence-electron chi connectivity index (χ1n) is 10.2. The second kappa shape index (κ2) is 9.40. The van der Waals surface area contributed by atoms with Gasteiger partial charge in [0.2, 0.25) is 11.9 Å². The fraction of sp³-hybridized carbons (Fsp3) is 0.500. The first kappa shape index (κ1) is 20.5. The van der Waals surface area contributed by atoms with Crippen molar-refractivity contribution in [2.75, 3.05) is 24.4 Å². The Labute approximate surface area is 179 Å². The minimum atomic E-state index is 0.0452. The molecule has 0 unspecified atom stereocenters. The summed E-state index contributed by atoms with van der Waals surface area (Å²) in [5.41, 5.74) is 1.75. The topological polar surface area (TPSA) is 106 Å². The summed E-state index contributed by atoms with van der Waals surface area (Å²) >= 11 is 1.64. The average molecular weight is 430 g/mol. The van der Waals surface area contributed by atoms with Gasteiger partial charge in [-0.1, -0.05) is 0 Å². The van der Waals surface area contributed by atoms with Crippen LogP contribution in [0.2, 0.25) is 0 Å². The molecule has 30 heavy (non-hydrogen) atoms. The molecule has 1 aliphatic rings. The molecular weight excluding hydrogens is 402 g/mol. The molecule has 0 aromatic carbocycles. The maximum Gasteiger partial charge on any atom is 0.229 e. The van der Waals surface area contributed by atoms with Crippen LogP contribution in [0.15, 0.2) is 23.8 Å². The number of anilines is 3. The molecule has 9 nitrogen and oxygen atoms in total. The Morgan fingerprint density at radius 2 is 2.07 bits per heavy atom. The van der Waals surface area contributed by atoms with Gasteiger partial charge in [-0.25, -0.2) is 4.98 Å². The number of carbonyl (C=O) groups excluding carboxylic acids is 1. The van der Waals surface area contributed by atoms with E-state index in [9.17, 15) is 4.79 Å². The molecule has 160 valence electrons. The molecule has 10 heteroatoms. The second-order valence-corrected chi connectivity index (χ2v) is 8.45. The molecule has 1 saturated carbocycles. The van der Waals surface area contributed by atoms with Crippen LogP contribution in [0.5, 0.6) is 0 Å². The predicted octanol–water partition coefficient (Wildman–Crippen LogP) is 3.14. The van der Waals surface area contributed by atoms with Crippen LogP contribution in [0.4, 0.5) is 17.5 Å². The third-order valence-corrected chi connectivity index (χ3v) is 6.10. The van der Waals surface area contributed by atoms with Crippen LogP contribution in [0.25, 0.3) is 10.2 Å². The zero-order valence-electron chi connectivity index (χ0n) is 17.2. The minimum Gasteiger partial charge on any atom is -0.383 e. The second-order valence-electron chi connectivity index (χ2n) is 7.53. The highest BCUT2D eigenvalue weighted by atomic mass is 32.1. The summed E-state index contributed by atoms with van der Waals surface area (Å²) < 4.78 is 7.97. The van der Waals surface area contributed by atoms with E-state index < -0.39 is 0 Å². The first-order chi connectivity index (χ1) is 14.6. The predicted molar refractivity (Wildman–Crippen MR) is 118 cm³/mol. The summed E-state index contributed by atoms with van der Waals surface area (Å²) in [6.45, 7) is 2.88. The van der Waals surface area contributed by atoms with Gasteiger partial charge in [0.05, 0.1) is 35.3 Å². The smallest absolute Gasteiger partial charge is 0.229 e. The van der Waals surface area contributed by atoms with Gasteiger partial charge in [0.15, 0.2) is 0 Å². The number of hydrogen-bond acceptors (Lipinski definition) is 8. The zero-order chi connectivity index (χ0) is 20.9. The molecule has 0 bridgehead atoms. The van der Waals surface area contributed by atoms with Crippen LogP contribution < -0.4 is 16.0 Å². The van der Waals surface area contributed by atoms with Gasteiger partial charge in [0.1, 0.15) is 5.82 Å². The van der Waals surface area contributed by atoms with Crippen LogP contribution in [-0.2, 0) is 16.1 Å². The minimum absolute atomic E-state index is 0.0452. The van der Waals surface area contributed by atoms with Crippen molar-refractivity contribution in [1.29, 1.82) is 0 Å². The van der Waals surface area contributed by atoms with Gasteiger partial charge in [-0.3, -0.25) is 9.48 Å². The lowest BCUT2D eigenvalue weighted by atomic mass is 9.91. The average Bonchev–Trinajstić information content (AvgIpc) is 3.37. The first-order valence-corrected chi connectivity index (χ1v) is 11.1.